The lowest BCUT2D eigenvalue weighted by Crippen LogP contribution is -2.40. The van der Waals surface area contributed by atoms with Crippen molar-refractivity contribution in [3.63, 3.8) is 0 Å². The zero-order valence-corrected chi connectivity index (χ0v) is 10.3. The summed E-state index contributed by atoms with van der Waals surface area (Å²) in [5, 5.41) is 11.2. The van der Waals surface area contributed by atoms with Crippen LogP contribution in [0.25, 0.3) is 0 Å². The number of rotatable bonds is 3. The van der Waals surface area contributed by atoms with E-state index >= 15 is 0 Å². The third-order valence-electron chi connectivity index (χ3n) is 3.37. The minimum absolute atomic E-state index is 0.0947. The van der Waals surface area contributed by atoms with Crippen molar-refractivity contribution in [2.75, 3.05) is 6.54 Å². The van der Waals surface area contributed by atoms with Crippen molar-refractivity contribution in [3.8, 4) is 0 Å². The Morgan fingerprint density at radius 3 is 3.06 bits per heavy atom. The van der Waals surface area contributed by atoms with Crippen LogP contribution >= 0.6 is 11.3 Å². The highest BCUT2D eigenvalue weighted by Crippen LogP contribution is 2.32. The number of nitrogens with zero attached hydrogens (tertiary/aromatic N) is 2. The number of aromatic nitrogens is 1. The van der Waals surface area contributed by atoms with Crippen LogP contribution in [0.1, 0.15) is 32.0 Å². The molecule has 1 aliphatic heterocycles. The standard InChI is InChI=1S/C11H16N2O2S/c1-7-3-4-13(10(7)11(14)15)8(2)9-5-16-6-12-9/h5-8,10H,3-4H2,1-2H3,(H,14,15). The highest BCUT2D eigenvalue weighted by atomic mass is 32.1. The third kappa shape index (κ3) is 1.97. The Kier molecular flexibility index (Phi) is 3.25. The smallest absolute Gasteiger partial charge is 0.321 e. The first-order valence-corrected chi connectivity index (χ1v) is 6.42. The number of hydrogen-bond acceptors (Lipinski definition) is 4. The van der Waals surface area contributed by atoms with E-state index in [9.17, 15) is 9.90 Å². The van der Waals surface area contributed by atoms with Crippen molar-refractivity contribution in [1.29, 1.82) is 0 Å². The molecular weight excluding hydrogens is 224 g/mol. The Balaban J connectivity index is 2.17. The average molecular weight is 240 g/mol. The first-order valence-electron chi connectivity index (χ1n) is 5.48. The average Bonchev–Trinajstić information content (AvgIpc) is 2.84. The molecule has 5 heteroatoms. The molecule has 0 spiro atoms. The van der Waals surface area contributed by atoms with Gasteiger partial charge in [-0.3, -0.25) is 9.69 Å². The maximum atomic E-state index is 11.2. The molecule has 4 nitrogen and oxygen atoms in total. The van der Waals surface area contributed by atoms with Crippen LogP contribution in [0, 0.1) is 5.92 Å². The molecule has 0 aliphatic carbocycles. The first kappa shape index (κ1) is 11.5. The van der Waals surface area contributed by atoms with Crippen LogP contribution in [-0.4, -0.2) is 33.5 Å². The van der Waals surface area contributed by atoms with Crippen LogP contribution in [0.2, 0.25) is 0 Å². The number of hydrogen-bond donors (Lipinski definition) is 1. The van der Waals surface area contributed by atoms with E-state index in [0.29, 0.717) is 0 Å². The van der Waals surface area contributed by atoms with E-state index < -0.39 is 5.97 Å². The van der Waals surface area contributed by atoms with Gasteiger partial charge in [0.25, 0.3) is 0 Å². The molecule has 1 N–H and O–H groups in total. The second kappa shape index (κ2) is 4.51. The van der Waals surface area contributed by atoms with Gasteiger partial charge in [-0.1, -0.05) is 6.92 Å². The van der Waals surface area contributed by atoms with E-state index in [1.807, 2.05) is 24.1 Å². The summed E-state index contributed by atoms with van der Waals surface area (Å²) in [5.74, 6) is -0.495. The largest absolute Gasteiger partial charge is 0.480 e. The zero-order valence-electron chi connectivity index (χ0n) is 9.46. The molecule has 0 saturated carbocycles. The van der Waals surface area contributed by atoms with Crippen molar-refractivity contribution < 1.29 is 9.90 Å². The van der Waals surface area contributed by atoms with Gasteiger partial charge in [-0.25, -0.2) is 4.98 Å². The minimum atomic E-state index is -0.716. The van der Waals surface area contributed by atoms with Gasteiger partial charge in [0.15, 0.2) is 0 Å². The minimum Gasteiger partial charge on any atom is -0.480 e. The van der Waals surface area contributed by atoms with E-state index in [2.05, 4.69) is 4.98 Å². The second-order valence-corrected chi connectivity index (χ2v) is 5.09. The summed E-state index contributed by atoms with van der Waals surface area (Å²) in [5.41, 5.74) is 2.77. The van der Waals surface area contributed by atoms with Crippen LogP contribution in [0.4, 0.5) is 0 Å². The first-order chi connectivity index (χ1) is 7.61. The van der Waals surface area contributed by atoms with Gasteiger partial charge in [-0.15, -0.1) is 11.3 Å². The van der Waals surface area contributed by atoms with Crippen LogP contribution in [0.3, 0.4) is 0 Å². The Hall–Kier alpha value is -0.940. The summed E-state index contributed by atoms with van der Waals surface area (Å²) in [6, 6.07) is -0.269. The molecule has 2 heterocycles. The molecule has 0 amide bonds. The van der Waals surface area contributed by atoms with Crippen molar-refractivity contribution in [2.45, 2.75) is 32.4 Å². The molecule has 88 valence electrons. The van der Waals surface area contributed by atoms with Crippen LogP contribution < -0.4 is 0 Å². The van der Waals surface area contributed by atoms with Crippen molar-refractivity contribution in [1.82, 2.24) is 9.88 Å². The van der Waals surface area contributed by atoms with Gasteiger partial charge in [0.1, 0.15) is 6.04 Å². The maximum Gasteiger partial charge on any atom is 0.321 e. The van der Waals surface area contributed by atoms with Gasteiger partial charge in [0.05, 0.1) is 17.2 Å². The Bertz CT molecular complexity index is 366. The highest BCUT2D eigenvalue weighted by Gasteiger charge is 2.39. The van der Waals surface area contributed by atoms with E-state index in [0.717, 1.165) is 18.7 Å². The number of aliphatic carboxylic acids is 1. The fourth-order valence-electron chi connectivity index (χ4n) is 2.39. The molecule has 16 heavy (non-hydrogen) atoms. The van der Waals surface area contributed by atoms with Crippen LogP contribution in [0.5, 0.6) is 0 Å². The predicted molar refractivity (Wildman–Crippen MR) is 62.4 cm³/mol. The monoisotopic (exact) mass is 240 g/mol. The lowest BCUT2D eigenvalue weighted by Gasteiger charge is -2.28. The van der Waals surface area contributed by atoms with E-state index in [-0.39, 0.29) is 18.0 Å². The van der Waals surface area contributed by atoms with Gasteiger partial charge in [0.2, 0.25) is 0 Å². The van der Waals surface area contributed by atoms with Gasteiger partial charge in [-0.05, 0) is 25.8 Å². The molecule has 1 saturated heterocycles. The molecule has 1 fully saturated rings. The summed E-state index contributed by atoms with van der Waals surface area (Å²) >= 11 is 1.55. The molecular formula is C11H16N2O2S. The topological polar surface area (TPSA) is 53.4 Å². The van der Waals surface area contributed by atoms with Gasteiger partial charge in [-0.2, -0.15) is 0 Å². The normalized spacial score (nSPS) is 28.1. The summed E-state index contributed by atoms with van der Waals surface area (Å²) in [6.45, 7) is 4.88. The lowest BCUT2D eigenvalue weighted by molar-refractivity contribution is -0.144. The number of likely N-dealkylation sites (tertiary alicyclic amines) is 1. The van der Waals surface area contributed by atoms with E-state index in [4.69, 9.17) is 0 Å². The fraction of sp³-hybridized carbons (Fsp3) is 0.636. The van der Waals surface area contributed by atoms with Gasteiger partial charge >= 0.3 is 5.97 Å². The van der Waals surface area contributed by atoms with Gasteiger partial charge < -0.3 is 5.11 Å². The van der Waals surface area contributed by atoms with Gasteiger partial charge in [0, 0.05) is 5.38 Å². The molecule has 1 aromatic rings. The lowest BCUT2D eigenvalue weighted by atomic mass is 10.0. The van der Waals surface area contributed by atoms with Crippen molar-refractivity contribution in [2.24, 2.45) is 5.92 Å². The van der Waals surface area contributed by atoms with Crippen molar-refractivity contribution in [3.05, 3.63) is 16.6 Å². The van der Waals surface area contributed by atoms with E-state index in [1.54, 1.807) is 16.8 Å². The molecule has 1 aliphatic rings. The number of carbonyl (C=O) groups is 1. The third-order valence-corrected chi connectivity index (χ3v) is 3.97. The highest BCUT2D eigenvalue weighted by molar-refractivity contribution is 7.07. The summed E-state index contributed by atoms with van der Waals surface area (Å²) in [6.07, 6.45) is 0.950. The SMILES string of the molecule is CC1CCN(C(C)c2cscn2)C1C(=O)O. The molecule has 0 aromatic carbocycles. The molecule has 0 radical (unpaired) electrons. The molecule has 1 aromatic heterocycles. The second-order valence-electron chi connectivity index (χ2n) is 4.38. The Morgan fingerprint density at radius 2 is 2.50 bits per heavy atom. The number of carboxylic acids is 1. The Labute approximate surface area is 98.9 Å². The van der Waals surface area contributed by atoms with Crippen LogP contribution in [0.15, 0.2) is 10.9 Å². The molecule has 3 unspecified atom stereocenters. The fourth-order valence-corrected chi connectivity index (χ4v) is 3.04. The molecule has 2 rings (SSSR count). The summed E-state index contributed by atoms with van der Waals surface area (Å²) in [7, 11) is 0. The predicted octanol–water partition coefficient (Wildman–Crippen LogP) is 2.00. The molecule has 0 bridgehead atoms. The molecule has 3 atom stereocenters. The van der Waals surface area contributed by atoms with Crippen LogP contribution in [-0.2, 0) is 4.79 Å². The summed E-state index contributed by atoms with van der Waals surface area (Å²) in [4.78, 5) is 17.5. The number of carboxylic acid groups (broad SMARTS) is 1. The summed E-state index contributed by atoms with van der Waals surface area (Å²) < 4.78 is 0. The Morgan fingerprint density at radius 1 is 1.75 bits per heavy atom. The zero-order chi connectivity index (χ0) is 11.7. The van der Waals surface area contributed by atoms with Crippen molar-refractivity contribution >= 4 is 17.3 Å². The van der Waals surface area contributed by atoms with E-state index in [1.165, 1.54) is 0 Å². The number of thiazole rings is 1. The maximum absolute atomic E-state index is 11.2. The quantitative estimate of drug-likeness (QED) is 0.878.